The number of hydrogen-bond acceptors (Lipinski definition) is 1. The molecule has 0 radical (unpaired) electrons. The van der Waals surface area contributed by atoms with Crippen LogP contribution in [-0.2, 0) is 4.52 Å². The molecule has 0 bridgehead atoms. The Morgan fingerprint density at radius 2 is 2.00 bits per heavy atom. The maximum absolute atomic E-state index is 5.00. The van der Waals surface area contributed by atoms with Crippen molar-refractivity contribution in [3.05, 3.63) is 0 Å². The maximum atomic E-state index is 5.00. The lowest BCUT2D eigenvalue weighted by Crippen LogP contribution is -2.17. The van der Waals surface area contributed by atoms with E-state index in [-0.39, 0.29) is 5.60 Å². The van der Waals surface area contributed by atoms with Crippen LogP contribution in [0.3, 0.4) is 0 Å². The first kappa shape index (κ1) is 7.39. The standard InChI is InChI=1S/C5H13OP/c1-4-5(2,3)6-7/h4,7H2,1-3H3. The molecule has 0 aliphatic heterocycles. The van der Waals surface area contributed by atoms with Crippen LogP contribution >= 0.6 is 9.47 Å². The van der Waals surface area contributed by atoms with E-state index < -0.39 is 0 Å². The van der Waals surface area contributed by atoms with Crippen molar-refractivity contribution in [1.29, 1.82) is 0 Å². The van der Waals surface area contributed by atoms with Crippen LogP contribution in [0.4, 0.5) is 0 Å². The van der Waals surface area contributed by atoms with E-state index in [4.69, 9.17) is 4.52 Å². The van der Waals surface area contributed by atoms with Gasteiger partial charge in [0, 0.05) is 9.47 Å². The summed E-state index contributed by atoms with van der Waals surface area (Å²) >= 11 is 0. The molecular weight excluding hydrogens is 107 g/mol. The third kappa shape index (κ3) is 3.02. The van der Waals surface area contributed by atoms with E-state index in [2.05, 4.69) is 30.2 Å². The molecule has 0 aliphatic carbocycles. The first-order chi connectivity index (χ1) is 3.12. The van der Waals surface area contributed by atoms with Crippen LogP contribution in [0.15, 0.2) is 0 Å². The maximum Gasteiger partial charge on any atom is 0.0659 e. The van der Waals surface area contributed by atoms with Crippen LogP contribution < -0.4 is 0 Å². The Kier molecular flexibility index (Phi) is 2.78. The van der Waals surface area contributed by atoms with E-state index in [1.54, 1.807) is 0 Å². The third-order valence-corrected chi connectivity index (χ3v) is 1.81. The Bertz CT molecular complexity index is 46.0. The third-order valence-electron chi connectivity index (χ3n) is 1.17. The van der Waals surface area contributed by atoms with Gasteiger partial charge in [0.25, 0.3) is 0 Å². The van der Waals surface area contributed by atoms with Gasteiger partial charge in [0.05, 0.1) is 5.60 Å². The molecule has 0 amide bonds. The fourth-order valence-corrected chi connectivity index (χ4v) is 0.250. The van der Waals surface area contributed by atoms with Gasteiger partial charge < -0.3 is 4.52 Å². The first-order valence-corrected chi connectivity index (χ1v) is 2.97. The predicted molar refractivity (Wildman–Crippen MR) is 35.2 cm³/mol. The van der Waals surface area contributed by atoms with Crippen molar-refractivity contribution in [3.63, 3.8) is 0 Å². The predicted octanol–water partition coefficient (Wildman–Crippen LogP) is 1.98. The molecule has 0 saturated carbocycles. The molecule has 0 heterocycles. The lowest BCUT2D eigenvalue weighted by molar-refractivity contribution is 0.134. The normalized spacial score (nSPS) is 12.0. The van der Waals surface area contributed by atoms with Gasteiger partial charge in [-0.15, -0.1) is 0 Å². The van der Waals surface area contributed by atoms with Crippen molar-refractivity contribution in [2.45, 2.75) is 32.8 Å². The van der Waals surface area contributed by atoms with Gasteiger partial charge in [0.15, 0.2) is 0 Å². The Balaban J connectivity index is 3.36. The van der Waals surface area contributed by atoms with Gasteiger partial charge in [0.2, 0.25) is 0 Å². The van der Waals surface area contributed by atoms with Gasteiger partial charge in [-0.05, 0) is 20.3 Å². The zero-order valence-electron chi connectivity index (χ0n) is 5.19. The summed E-state index contributed by atoms with van der Waals surface area (Å²) in [6, 6.07) is 0. The second kappa shape index (κ2) is 2.64. The highest BCUT2D eigenvalue weighted by atomic mass is 31.0. The van der Waals surface area contributed by atoms with Crippen LogP contribution in [0, 0.1) is 0 Å². The van der Waals surface area contributed by atoms with E-state index in [0.29, 0.717) is 0 Å². The molecule has 1 unspecified atom stereocenters. The molecule has 0 saturated heterocycles. The zero-order valence-corrected chi connectivity index (χ0v) is 6.35. The van der Waals surface area contributed by atoms with Gasteiger partial charge in [-0.1, -0.05) is 6.92 Å². The van der Waals surface area contributed by atoms with Gasteiger partial charge in [0.1, 0.15) is 0 Å². The monoisotopic (exact) mass is 120 g/mol. The molecule has 1 atom stereocenters. The summed E-state index contributed by atoms with van der Waals surface area (Å²) in [7, 11) is 2.27. The minimum absolute atomic E-state index is 0.0463. The SMILES string of the molecule is CCC(C)(C)OP. The summed E-state index contributed by atoms with van der Waals surface area (Å²) in [4.78, 5) is 0. The van der Waals surface area contributed by atoms with E-state index >= 15 is 0 Å². The first-order valence-electron chi connectivity index (χ1n) is 2.50. The van der Waals surface area contributed by atoms with Crippen LogP contribution in [-0.4, -0.2) is 5.60 Å². The van der Waals surface area contributed by atoms with Crippen LogP contribution in [0.25, 0.3) is 0 Å². The molecule has 0 aliphatic rings. The molecule has 2 heteroatoms. The summed E-state index contributed by atoms with van der Waals surface area (Å²) in [5.74, 6) is 0. The summed E-state index contributed by atoms with van der Waals surface area (Å²) in [5.41, 5.74) is 0.0463. The lowest BCUT2D eigenvalue weighted by atomic mass is 10.1. The summed E-state index contributed by atoms with van der Waals surface area (Å²) in [6.45, 7) is 6.21. The van der Waals surface area contributed by atoms with E-state index in [9.17, 15) is 0 Å². The quantitative estimate of drug-likeness (QED) is 0.506. The van der Waals surface area contributed by atoms with Gasteiger partial charge in [-0.25, -0.2) is 0 Å². The highest BCUT2D eigenvalue weighted by molar-refractivity contribution is 7.09. The topological polar surface area (TPSA) is 9.23 Å². The van der Waals surface area contributed by atoms with Crippen molar-refractivity contribution >= 4 is 9.47 Å². The Morgan fingerprint density at radius 1 is 1.57 bits per heavy atom. The lowest BCUT2D eigenvalue weighted by Gasteiger charge is -2.19. The van der Waals surface area contributed by atoms with E-state index in [1.165, 1.54) is 0 Å². The van der Waals surface area contributed by atoms with Crippen molar-refractivity contribution in [2.24, 2.45) is 0 Å². The van der Waals surface area contributed by atoms with Crippen molar-refractivity contribution in [1.82, 2.24) is 0 Å². The average Bonchev–Trinajstić information content (AvgIpc) is 1.68. The Morgan fingerprint density at radius 3 is 2.00 bits per heavy atom. The molecule has 0 spiro atoms. The number of hydrogen-bond donors (Lipinski definition) is 0. The molecule has 0 aromatic carbocycles. The summed E-state index contributed by atoms with van der Waals surface area (Å²) < 4.78 is 5.00. The minimum atomic E-state index is 0.0463. The Hall–Kier alpha value is 0.390. The highest BCUT2D eigenvalue weighted by Crippen LogP contribution is 2.15. The number of rotatable bonds is 2. The van der Waals surface area contributed by atoms with E-state index in [1.807, 2.05) is 0 Å². The van der Waals surface area contributed by atoms with Crippen molar-refractivity contribution < 1.29 is 4.52 Å². The molecule has 0 N–H and O–H groups in total. The molecule has 0 aromatic rings. The van der Waals surface area contributed by atoms with Gasteiger partial charge in [-0.2, -0.15) is 0 Å². The molecule has 0 aromatic heterocycles. The smallest absolute Gasteiger partial charge is 0.0659 e. The fraction of sp³-hybridized carbons (Fsp3) is 1.00. The molecular formula is C5H13OP. The zero-order chi connectivity index (χ0) is 5.91. The average molecular weight is 120 g/mol. The summed E-state index contributed by atoms with van der Waals surface area (Å²) in [5, 5.41) is 0. The largest absolute Gasteiger partial charge is 0.360 e. The van der Waals surface area contributed by atoms with Crippen molar-refractivity contribution in [3.8, 4) is 0 Å². The van der Waals surface area contributed by atoms with Crippen molar-refractivity contribution in [2.75, 3.05) is 0 Å². The molecule has 0 fully saturated rings. The second-order valence-electron chi connectivity index (χ2n) is 2.23. The Labute approximate surface area is 47.7 Å². The highest BCUT2D eigenvalue weighted by Gasteiger charge is 2.11. The molecule has 44 valence electrons. The van der Waals surface area contributed by atoms with Crippen LogP contribution in [0.2, 0.25) is 0 Å². The molecule has 1 nitrogen and oxygen atoms in total. The summed E-state index contributed by atoms with van der Waals surface area (Å²) in [6.07, 6.45) is 1.05. The van der Waals surface area contributed by atoms with Gasteiger partial charge >= 0.3 is 0 Å². The van der Waals surface area contributed by atoms with Crippen LogP contribution in [0.1, 0.15) is 27.2 Å². The van der Waals surface area contributed by atoms with Gasteiger partial charge in [-0.3, -0.25) is 0 Å². The molecule has 0 rings (SSSR count). The van der Waals surface area contributed by atoms with E-state index in [0.717, 1.165) is 6.42 Å². The molecule has 7 heavy (non-hydrogen) atoms. The fourth-order valence-electron chi connectivity index (χ4n) is 0.0833. The van der Waals surface area contributed by atoms with Crippen LogP contribution in [0.5, 0.6) is 0 Å². The second-order valence-corrected chi connectivity index (χ2v) is 2.47. The minimum Gasteiger partial charge on any atom is -0.360 e.